The summed E-state index contributed by atoms with van der Waals surface area (Å²) in [5.74, 6) is -0.297. The van der Waals surface area contributed by atoms with Gasteiger partial charge in [0.15, 0.2) is 5.57 Å². The number of carbonyl (C=O) groups is 1. The highest BCUT2D eigenvalue weighted by atomic mass is 32.1. The third kappa shape index (κ3) is 4.69. The van der Waals surface area contributed by atoms with Crippen LogP contribution in [0.1, 0.15) is 43.4 Å². The first kappa shape index (κ1) is 22.8. The van der Waals surface area contributed by atoms with Gasteiger partial charge >= 0.3 is 0 Å². The van der Waals surface area contributed by atoms with Crippen molar-refractivity contribution >= 4 is 28.9 Å². The summed E-state index contributed by atoms with van der Waals surface area (Å²) in [4.78, 5) is 28.4. The van der Waals surface area contributed by atoms with Gasteiger partial charge in [0.05, 0.1) is 10.2 Å². The van der Waals surface area contributed by atoms with Crippen LogP contribution >= 0.6 is 11.3 Å². The van der Waals surface area contributed by atoms with Gasteiger partial charge in [-0.1, -0.05) is 50.2 Å². The number of amides is 1. The molecule has 0 spiro atoms. The van der Waals surface area contributed by atoms with Gasteiger partial charge in [-0.3, -0.25) is 14.2 Å². The summed E-state index contributed by atoms with van der Waals surface area (Å²) in [5.41, 5.74) is 3.76. The van der Waals surface area contributed by atoms with Crippen molar-refractivity contribution in [2.45, 2.75) is 39.5 Å². The van der Waals surface area contributed by atoms with E-state index in [9.17, 15) is 14.9 Å². The second kappa shape index (κ2) is 10.0. The van der Waals surface area contributed by atoms with Crippen LogP contribution in [0.25, 0.3) is 17.3 Å². The molecule has 0 unspecified atom stereocenters. The molecule has 0 bridgehead atoms. The Morgan fingerprint density at radius 1 is 1.00 bits per heavy atom. The number of carbonyl (C=O) groups excluding carboxylic acids is 1. The first-order valence-corrected chi connectivity index (χ1v) is 12.2. The van der Waals surface area contributed by atoms with Gasteiger partial charge in [-0.2, -0.15) is 5.26 Å². The van der Waals surface area contributed by atoms with Crippen molar-refractivity contribution in [1.29, 1.82) is 5.26 Å². The molecule has 2 aromatic carbocycles. The Kier molecular flexibility index (Phi) is 6.90. The average Bonchev–Trinajstić information content (AvgIpc) is 3.49. The van der Waals surface area contributed by atoms with E-state index in [0.717, 1.165) is 36.8 Å². The summed E-state index contributed by atoms with van der Waals surface area (Å²) in [5, 5.41) is 9.96. The summed E-state index contributed by atoms with van der Waals surface area (Å²) in [7, 11) is 0. The van der Waals surface area contributed by atoms with Crippen molar-refractivity contribution in [3.8, 4) is 11.8 Å². The third-order valence-corrected chi connectivity index (χ3v) is 7.14. The van der Waals surface area contributed by atoms with Crippen LogP contribution in [0, 0.1) is 11.3 Å². The smallest absolute Gasteiger partial charge is 0.273 e. The van der Waals surface area contributed by atoms with Crippen molar-refractivity contribution in [3.05, 3.63) is 84.8 Å². The first-order valence-electron chi connectivity index (χ1n) is 11.4. The highest BCUT2D eigenvalue weighted by Crippen LogP contribution is 2.13. The molecule has 0 radical (unpaired) electrons. The summed E-state index contributed by atoms with van der Waals surface area (Å²) >= 11 is 1.20. The van der Waals surface area contributed by atoms with Crippen LogP contribution in [-0.4, -0.2) is 28.5 Å². The van der Waals surface area contributed by atoms with Crippen LogP contribution in [0.3, 0.4) is 0 Å². The lowest BCUT2D eigenvalue weighted by Crippen LogP contribution is -2.35. The van der Waals surface area contributed by atoms with Crippen LogP contribution in [0.2, 0.25) is 0 Å². The number of rotatable bonds is 5. The van der Waals surface area contributed by atoms with Gasteiger partial charge < -0.3 is 4.90 Å². The molecule has 5 nitrogen and oxygen atoms in total. The number of nitriles is 1. The Hall–Kier alpha value is -3.43. The molecule has 0 saturated carbocycles. The summed E-state index contributed by atoms with van der Waals surface area (Å²) < 4.78 is 2.40. The minimum Gasteiger partial charge on any atom is -0.338 e. The number of thiazole rings is 1. The SMILES string of the molecule is CCc1ccc(/C=c2\s/c(=C(/C#N)C(=O)N3CCCC3)n(-c3ccc(CC)cc3)c2=O)cc1. The number of hydrogen-bond acceptors (Lipinski definition) is 4. The molecule has 2 heterocycles. The van der Waals surface area contributed by atoms with Crippen LogP contribution < -0.4 is 14.8 Å². The average molecular weight is 458 g/mol. The fourth-order valence-corrected chi connectivity index (χ4v) is 5.13. The van der Waals surface area contributed by atoms with Crippen LogP contribution in [0.4, 0.5) is 0 Å². The molecule has 1 fully saturated rings. The second-order valence-electron chi connectivity index (χ2n) is 8.16. The molecule has 1 aliphatic rings. The van der Waals surface area contributed by atoms with Gasteiger partial charge in [0.2, 0.25) is 0 Å². The number of benzene rings is 2. The molecule has 1 aliphatic heterocycles. The number of aromatic nitrogens is 1. The van der Waals surface area contributed by atoms with Crippen molar-refractivity contribution in [2.75, 3.05) is 13.1 Å². The molecule has 1 aromatic heterocycles. The maximum absolute atomic E-state index is 13.5. The molecule has 6 heteroatoms. The van der Waals surface area contributed by atoms with Gasteiger partial charge in [0.25, 0.3) is 11.5 Å². The van der Waals surface area contributed by atoms with Crippen molar-refractivity contribution in [2.24, 2.45) is 0 Å². The number of nitrogens with zero attached hydrogens (tertiary/aromatic N) is 3. The lowest BCUT2D eigenvalue weighted by molar-refractivity contribution is -0.123. The lowest BCUT2D eigenvalue weighted by atomic mass is 10.1. The Bertz CT molecular complexity index is 1370. The fourth-order valence-electron chi connectivity index (χ4n) is 4.03. The zero-order valence-electron chi connectivity index (χ0n) is 19.0. The fraction of sp³-hybridized carbons (Fsp3) is 0.296. The standard InChI is InChI=1S/C27H27N3O2S/c1-3-19-7-9-21(10-8-19)17-24-26(32)30(22-13-11-20(4-2)12-14-22)27(33-24)23(18-28)25(31)29-15-5-6-16-29/h7-14,17H,3-6,15-16H2,1-2H3/b24-17-,27-23-. The molecule has 1 amide bonds. The molecule has 168 valence electrons. The molecule has 0 atom stereocenters. The predicted octanol–water partition coefficient (Wildman–Crippen LogP) is 3.15. The van der Waals surface area contributed by atoms with Gasteiger partial charge in [-0.25, -0.2) is 0 Å². The maximum Gasteiger partial charge on any atom is 0.273 e. The van der Waals surface area contributed by atoms with Crippen LogP contribution in [-0.2, 0) is 17.6 Å². The minimum absolute atomic E-state index is 0.0274. The Balaban J connectivity index is 1.96. The zero-order chi connectivity index (χ0) is 23.4. The monoisotopic (exact) mass is 457 g/mol. The number of hydrogen-bond donors (Lipinski definition) is 0. The van der Waals surface area contributed by atoms with E-state index in [1.807, 2.05) is 54.6 Å². The Morgan fingerprint density at radius 3 is 2.12 bits per heavy atom. The summed E-state index contributed by atoms with van der Waals surface area (Å²) in [6.07, 6.45) is 5.55. The van der Waals surface area contributed by atoms with E-state index in [4.69, 9.17) is 0 Å². The van der Waals surface area contributed by atoms with E-state index in [2.05, 4.69) is 19.9 Å². The molecular formula is C27H27N3O2S. The second-order valence-corrected chi connectivity index (χ2v) is 9.19. The van der Waals surface area contributed by atoms with Gasteiger partial charge in [0, 0.05) is 13.1 Å². The molecule has 3 aromatic rings. The van der Waals surface area contributed by atoms with E-state index in [1.165, 1.54) is 21.5 Å². The Morgan fingerprint density at radius 2 is 1.58 bits per heavy atom. The highest BCUT2D eigenvalue weighted by molar-refractivity contribution is 7.07. The molecule has 1 saturated heterocycles. The predicted molar refractivity (Wildman–Crippen MR) is 133 cm³/mol. The van der Waals surface area contributed by atoms with E-state index >= 15 is 0 Å². The van der Waals surface area contributed by atoms with Crippen molar-refractivity contribution in [3.63, 3.8) is 0 Å². The quantitative estimate of drug-likeness (QED) is 0.591. The van der Waals surface area contributed by atoms with E-state index < -0.39 is 0 Å². The molecule has 4 rings (SSSR count). The summed E-state index contributed by atoms with van der Waals surface area (Å²) in [6, 6.07) is 17.9. The van der Waals surface area contributed by atoms with Gasteiger partial charge in [-0.15, -0.1) is 11.3 Å². The van der Waals surface area contributed by atoms with E-state index in [1.54, 1.807) is 4.90 Å². The topological polar surface area (TPSA) is 66.1 Å². The molecule has 0 N–H and O–H groups in total. The molecule has 33 heavy (non-hydrogen) atoms. The largest absolute Gasteiger partial charge is 0.338 e. The third-order valence-electron chi connectivity index (χ3n) is 6.04. The van der Waals surface area contributed by atoms with Crippen molar-refractivity contribution in [1.82, 2.24) is 9.47 Å². The van der Waals surface area contributed by atoms with Crippen LogP contribution in [0.15, 0.2) is 53.3 Å². The first-order chi connectivity index (χ1) is 16.0. The highest BCUT2D eigenvalue weighted by Gasteiger charge is 2.24. The van der Waals surface area contributed by atoms with E-state index in [-0.39, 0.29) is 17.0 Å². The van der Waals surface area contributed by atoms with Crippen LogP contribution in [0.5, 0.6) is 0 Å². The normalized spacial score (nSPS) is 14.9. The summed E-state index contributed by atoms with van der Waals surface area (Å²) in [6.45, 7) is 5.47. The minimum atomic E-state index is -0.297. The lowest BCUT2D eigenvalue weighted by Gasteiger charge is -2.14. The number of aryl methyl sites for hydroxylation is 2. The van der Waals surface area contributed by atoms with Gasteiger partial charge in [-0.05, 0) is 60.6 Å². The Labute approximate surface area is 197 Å². The number of likely N-dealkylation sites (tertiary alicyclic amines) is 1. The van der Waals surface area contributed by atoms with E-state index in [0.29, 0.717) is 28.0 Å². The maximum atomic E-state index is 13.5. The van der Waals surface area contributed by atoms with Gasteiger partial charge in [0.1, 0.15) is 10.7 Å². The molecule has 0 aliphatic carbocycles. The van der Waals surface area contributed by atoms with Crippen molar-refractivity contribution < 1.29 is 4.79 Å². The molecular weight excluding hydrogens is 430 g/mol. The zero-order valence-corrected chi connectivity index (χ0v) is 19.8.